The van der Waals surface area contributed by atoms with Crippen LogP contribution in [0.1, 0.15) is 43.5 Å². The van der Waals surface area contributed by atoms with Crippen LogP contribution in [0.15, 0.2) is 23.1 Å². The quantitative estimate of drug-likeness (QED) is 0.343. The minimum Gasteiger partial charge on any atom is -0.370 e. The summed E-state index contributed by atoms with van der Waals surface area (Å²) in [6, 6.07) is 4.23. The number of sulfone groups is 1. The molecule has 0 radical (unpaired) electrons. The van der Waals surface area contributed by atoms with Gasteiger partial charge in [0.1, 0.15) is 0 Å². The van der Waals surface area contributed by atoms with Gasteiger partial charge in [0.15, 0.2) is 21.7 Å². The predicted molar refractivity (Wildman–Crippen MR) is 109 cm³/mol. The van der Waals surface area contributed by atoms with Gasteiger partial charge in [0.2, 0.25) is 0 Å². The number of guanidine groups is 1. The third-order valence-electron chi connectivity index (χ3n) is 4.91. The molecule has 12 heteroatoms. The van der Waals surface area contributed by atoms with Crippen molar-refractivity contribution in [2.75, 3.05) is 17.0 Å². The first kappa shape index (κ1) is 23.1. The zero-order chi connectivity index (χ0) is 22.1. The summed E-state index contributed by atoms with van der Waals surface area (Å²) >= 11 is 0. The molecule has 1 aliphatic rings. The largest absolute Gasteiger partial charge is 0.370 e. The molecular weight excluding hydrogens is 420 g/mol. The highest BCUT2D eigenvalue weighted by atomic mass is 32.2. The molecule has 0 spiro atoms. The lowest BCUT2D eigenvalue weighted by atomic mass is 9.96. The van der Waals surface area contributed by atoms with E-state index in [9.17, 15) is 21.6 Å². The van der Waals surface area contributed by atoms with Gasteiger partial charge in [-0.25, -0.2) is 8.42 Å². The second kappa shape index (κ2) is 8.28. The van der Waals surface area contributed by atoms with Crippen molar-refractivity contribution in [1.82, 2.24) is 4.90 Å². The Morgan fingerprint density at radius 2 is 1.79 bits per heavy atom. The Balaban J connectivity index is 2.56. The van der Waals surface area contributed by atoms with Crippen LogP contribution in [0.3, 0.4) is 0 Å². The highest BCUT2D eigenvalue weighted by molar-refractivity contribution is 7.90. The molecule has 2 rings (SSSR count). The van der Waals surface area contributed by atoms with Crippen LogP contribution in [0.2, 0.25) is 0 Å². The number of hydrogen-bond acceptors (Lipinski definition) is 7. The van der Waals surface area contributed by atoms with Gasteiger partial charge >= 0.3 is 0 Å². The number of rotatable bonds is 5. The Labute approximate surface area is 170 Å². The van der Waals surface area contributed by atoms with Crippen LogP contribution >= 0.6 is 0 Å². The Morgan fingerprint density at radius 1 is 1.24 bits per heavy atom. The Morgan fingerprint density at radius 3 is 2.24 bits per heavy atom. The van der Waals surface area contributed by atoms with Gasteiger partial charge in [-0.05, 0) is 51.3 Å². The van der Waals surface area contributed by atoms with Crippen molar-refractivity contribution < 1.29 is 26.2 Å². The van der Waals surface area contributed by atoms with Crippen molar-refractivity contribution in [3.63, 3.8) is 0 Å². The van der Waals surface area contributed by atoms with Gasteiger partial charge in [-0.15, -0.1) is 0 Å². The van der Waals surface area contributed by atoms with E-state index in [4.69, 9.17) is 15.7 Å². The number of nitrogens with one attached hydrogen (secondary N) is 1. The molecule has 0 bridgehead atoms. The third kappa shape index (κ3) is 5.46. The van der Waals surface area contributed by atoms with E-state index in [1.165, 1.54) is 12.1 Å². The second-order valence-electron chi connectivity index (χ2n) is 7.32. The molecule has 1 aliphatic heterocycles. The first-order valence-corrected chi connectivity index (χ1v) is 12.5. The molecule has 1 fully saturated rings. The number of nitrogens with two attached hydrogens (primary N) is 1. The topological polar surface area (TPSA) is 162 Å². The maximum atomic E-state index is 12.7. The highest BCUT2D eigenvalue weighted by Gasteiger charge is 2.31. The van der Waals surface area contributed by atoms with E-state index in [0.717, 1.165) is 31.6 Å². The van der Waals surface area contributed by atoms with E-state index in [-0.39, 0.29) is 22.5 Å². The number of amides is 1. The van der Waals surface area contributed by atoms with Gasteiger partial charge < -0.3 is 10.6 Å². The van der Waals surface area contributed by atoms with Crippen LogP contribution in [-0.4, -0.2) is 62.4 Å². The van der Waals surface area contributed by atoms with Crippen molar-refractivity contribution in [3.8, 4) is 0 Å². The van der Waals surface area contributed by atoms with Crippen molar-refractivity contribution in [2.24, 2.45) is 5.73 Å². The van der Waals surface area contributed by atoms with Gasteiger partial charge in [0, 0.05) is 23.9 Å². The fraction of sp³-hybridized carbons (Fsp3) is 0.529. The average Bonchev–Trinajstić information content (AvgIpc) is 2.57. The van der Waals surface area contributed by atoms with Crippen LogP contribution in [0.25, 0.3) is 0 Å². The zero-order valence-electron chi connectivity index (χ0n) is 16.5. The fourth-order valence-electron chi connectivity index (χ4n) is 3.61. The van der Waals surface area contributed by atoms with E-state index < -0.39 is 37.7 Å². The summed E-state index contributed by atoms with van der Waals surface area (Å²) < 4.78 is 56.2. The molecule has 29 heavy (non-hydrogen) atoms. The van der Waals surface area contributed by atoms with Gasteiger partial charge in [-0.2, -0.15) is 8.42 Å². The Bertz CT molecular complexity index is 1010. The summed E-state index contributed by atoms with van der Waals surface area (Å²) in [5, 5.41) is 7.42. The van der Waals surface area contributed by atoms with Crippen LogP contribution in [0.4, 0.5) is 5.69 Å². The summed E-state index contributed by atoms with van der Waals surface area (Å²) in [5.74, 6) is -3.11. The summed E-state index contributed by atoms with van der Waals surface area (Å²) in [6.07, 6.45) is 3.87. The van der Waals surface area contributed by atoms with Gasteiger partial charge in [-0.3, -0.25) is 19.7 Å². The molecular formula is C17H26N4O6S2. The Hall–Kier alpha value is -2.18. The van der Waals surface area contributed by atoms with Crippen LogP contribution in [-0.2, 0) is 20.0 Å². The maximum Gasteiger partial charge on any atom is 0.283 e. The fourth-order valence-corrected chi connectivity index (χ4v) is 5.09. The number of carbonyl (C=O) groups excluding carboxylic acids is 1. The molecule has 0 unspecified atom stereocenters. The molecule has 1 aromatic carbocycles. The highest BCUT2D eigenvalue weighted by Crippen LogP contribution is 2.34. The lowest BCUT2D eigenvalue weighted by Gasteiger charge is -2.41. The second-order valence-corrected chi connectivity index (χ2v) is 10.7. The van der Waals surface area contributed by atoms with E-state index in [2.05, 4.69) is 0 Å². The number of benzene rings is 1. The molecule has 1 saturated heterocycles. The van der Waals surface area contributed by atoms with E-state index in [1.807, 2.05) is 18.7 Å². The monoisotopic (exact) mass is 446 g/mol. The lowest BCUT2D eigenvalue weighted by Crippen LogP contribution is -2.45. The standard InChI is InChI=1S/C17H26N4O6S2/c1-11-5-4-6-12(2)21(11)14-8-7-13(9-15(14)28(3,23)24)16(22)20(17(18)19)10-29(25,26)27/h7-9,11-12H,4-6,10H2,1-3H3,(H3,18,19)(H,25,26,27)/t11-,12+. The van der Waals surface area contributed by atoms with Gasteiger partial charge in [0.05, 0.1) is 10.6 Å². The molecule has 10 nitrogen and oxygen atoms in total. The summed E-state index contributed by atoms with van der Waals surface area (Å²) in [5.41, 5.74) is 5.58. The van der Waals surface area contributed by atoms with Crippen molar-refractivity contribution >= 4 is 37.5 Å². The molecule has 0 saturated carbocycles. The van der Waals surface area contributed by atoms with Crippen LogP contribution < -0.4 is 10.6 Å². The number of hydrogen-bond donors (Lipinski definition) is 3. The molecule has 1 aromatic rings. The Kier molecular flexibility index (Phi) is 6.60. The molecule has 162 valence electrons. The third-order valence-corrected chi connectivity index (χ3v) is 6.62. The summed E-state index contributed by atoms with van der Waals surface area (Å²) in [7, 11) is -8.37. The van der Waals surface area contributed by atoms with E-state index >= 15 is 0 Å². The maximum absolute atomic E-state index is 12.7. The summed E-state index contributed by atoms with van der Waals surface area (Å²) in [6.45, 7) is 4.01. The number of anilines is 1. The SMILES string of the molecule is C[C@@H]1CCC[C@H](C)N1c1ccc(C(=O)N(CS(=O)(=O)O)C(=N)N)cc1S(C)(=O)=O. The zero-order valence-corrected chi connectivity index (χ0v) is 18.1. The molecule has 1 heterocycles. The minimum absolute atomic E-state index is 0.0701. The normalized spacial score (nSPS) is 20.3. The van der Waals surface area contributed by atoms with E-state index in [1.54, 1.807) is 0 Å². The van der Waals surface area contributed by atoms with Crippen molar-refractivity contribution in [2.45, 2.75) is 50.1 Å². The molecule has 0 aromatic heterocycles. The first-order valence-electron chi connectivity index (χ1n) is 8.96. The number of nitrogens with zero attached hydrogens (tertiary/aromatic N) is 2. The van der Waals surface area contributed by atoms with Crippen molar-refractivity contribution in [3.05, 3.63) is 23.8 Å². The first-order chi connectivity index (χ1) is 13.2. The molecule has 0 aliphatic carbocycles. The predicted octanol–water partition coefficient (Wildman–Crippen LogP) is 1.04. The summed E-state index contributed by atoms with van der Waals surface area (Å²) in [4.78, 5) is 15.0. The number of piperidine rings is 1. The lowest BCUT2D eigenvalue weighted by molar-refractivity contribution is 0.0859. The number of carbonyl (C=O) groups is 1. The molecule has 4 N–H and O–H groups in total. The van der Waals surface area contributed by atoms with Crippen LogP contribution in [0.5, 0.6) is 0 Å². The smallest absolute Gasteiger partial charge is 0.283 e. The van der Waals surface area contributed by atoms with Crippen molar-refractivity contribution in [1.29, 1.82) is 5.41 Å². The molecule has 1 amide bonds. The van der Waals surface area contributed by atoms with Gasteiger partial charge in [-0.1, -0.05) is 0 Å². The van der Waals surface area contributed by atoms with E-state index in [0.29, 0.717) is 10.6 Å². The van der Waals surface area contributed by atoms with Gasteiger partial charge in [0.25, 0.3) is 16.0 Å². The van der Waals surface area contributed by atoms with Crippen LogP contribution in [0, 0.1) is 5.41 Å². The average molecular weight is 447 g/mol. The molecule has 2 atom stereocenters. The minimum atomic E-state index is -4.64.